The van der Waals surface area contributed by atoms with E-state index in [-0.39, 0.29) is 18.6 Å². The lowest BCUT2D eigenvalue weighted by molar-refractivity contribution is 0.0910. The van der Waals surface area contributed by atoms with Crippen molar-refractivity contribution >= 4 is 16.8 Å². The van der Waals surface area contributed by atoms with E-state index in [9.17, 15) is 9.90 Å². The Bertz CT molecular complexity index is 1470. The molecule has 0 radical (unpaired) electrons. The van der Waals surface area contributed by atoms with Gasteiger partial charge in [-0.1, -0.05) is 18.2 Å². The first-order chi connectivity index (χ1) is 18.4. The summed E-state index contributed by atoms with van der Waals surface area (Å²) in [6.45, 7) is 3.71. The van der Waals surface area contributed by atoms with Gasteiger partial charge in [0.15, 0.2) is 11.5 Å². The van der Waals surface area contributed by atoms with Crippen LogP contribution in [0.15, 0.2) is 54.7 Å². The van der Waals surface area contributed by atoms with Crippen LogP contribution in [0.3, 0.4) is 0 Å². The number of nitrogens with one attached hydrogen (secondary N) is 2. The predicted molar refractivity (Wildman–Crippen MR) is 148 cm³/mol. The summed E-state index contributed by atoms with van der Waals surface area (Å²) < 4.78 is 17.2. The minimum atomic E-state index is -0.457. The van der Waals surface area contributed by atoms with Crippen LogP contribution in [0.1, 0.15) is 40.9 Å². The molecule has 198 valence electrons. The predicted octanol–water partition coefficient (Wildman–Crippen LogP) is 5.07. The molecular weight excluding hydrogens is 480 g/mol. The van der Waals surface area contributed by atoms with Gasteiger partial charge in [0.2, 0.25) is 0 Å². The van der Waals surface area contributed by atoms with Crippen molar-refractivity contribution in [3.8, 4) is 28.4 Å². The molecule has 0 spiro atoms. The third-order valence-electron chi connectivity index (χ3n) is 7.07. The fourth-order valence-electron chi connectivity index (χ4n) is 5.25. The zero-order valence-electron chi connectivity index (χ0n) is 22.3. The number of ether oxygens (including phenoxy) is 3. The third kappa shape index (κ3) is 4.94. The molecule has 0 aliphatic heterocycles. The van der Waals surface area contributed by atoms with Gasteiger partial charge in [0, 0.05) is 17.1 Å². The fourth-order valence-corrected chi connectivity index (χ4v) is 5.25. The Hall–Kier alpha value is -3.97. The number of para-hydroxylation sites is 1. The Morgan fingerprint density at radius 2 is 1.63 bits per heavy atom. The molecule has 5 rings (SSSR count). The molecule has 7 nitrogen and oxygen atoms in total. The maximum absolute atomic E-state index is 13.7. The molecule has 3 aromatic carbocycles. The van der Waals surface area contributed by atoms with Crippen LogP contribution in [0.5, 0.6) is 17.2 Å². The number of aryl methyl sites for hydroxylation is 2. The summed E-state index contributed by atoms with van der Waals surface area (Å²) >= 11 is 0. The number of fused-ring (bicyclic) bond motifs is 4. The van der Waals surface area contributed by atoms with Crippen molar-refractivity contribution in [1.29, 1.82) is 0 Å². The van der Waals surface area contributed by atoms with E-state index in [0.717, 1.165) is 51.6 Å². The van der Waals surface area contributed by atoms with Crippen LogP contribution >= 0.6 is 0 Å². The van der Waals surface area contributed by atoms with Gasteiger partial charge in [0.05, 0.1) is 38.5 Å². The molecule has 0 bridgehead atoms. The molecule has 1 amide bonds. The number of carbonyl (C=O) groups excluding carboxylic acids is 1. The van der Waals surface area contributed by atoms with Gasteiger partial charge < -0.3 is 29.6 Å². The summed E-state index contributed by atoms with van der Waals surface area (Å²) in [6.07, 6.45) is 4.02. The molecule has 1 atom stereocenters. The average Bonchev–Trinajstić information content (AvgIpc) is 3.33. The van der Waals surface area contributed by atoms with Gasteiger partial charge in [-0.2, -0.15) is 0 Å². The van der Waals surface area contributed by atoms with Crippen LogP contribution in [0.4, 0.5) is 0 Å². The Morgan fingerprint density at radius 1 is 0.974 bits per heavy atom. The SMILES string of the molecule is COc1cc2c(cc1OC)-c1cc(C(=O)NC(CO)Cc3c[nH]c4ccccc34)c(OC(C)C)cc1CC2. The number of aromatic amines is 1. The van der Waals surface area contributed by atoms with Crippen molar-refractivity contribution in [1.82, 2.24) is 10.3 Å². The highest BCUT2D eigenvalue weighted by Crippen LogP contribution is 2.42. The van der Waals surface area contributed by atoms with E-state index in [1.165, 1.54) is 0 Å². The minimum absolute atomic E-state index is 0.0975. The van der Waals surface area contributed by atoms with E-state index in [1.807, 2.05) is 68.6 Å². The van der Waals surface area contributed by atoms with Gasteiger partial charge in [-0.05, 0) is 91.3 Å². The molecule has 1 heterocycles. The molecule has 1 aliphatic rings. The first-order valence-electron chi connectivity index (χ1n) is 13.0. The molecular formula is C31H34N2O5. The highest BCUT2D eigenvalue weighted by atomic mass is 16.5. The number of aromatic nitrogens is 1. The lowest BCUT2D eigenvalue weighted by atomic mass is 9.84. The second kappa shape index (κ2) is 10.8. The number of aliphatic hydroxyl groups excluding tert-OH is 1. The normalized spacial score (nSPS) is 13.1. The lowest BCUT2D eigenvalue weighted by Crippen LogP contribution is -2.39. The molecule has 38 heavy (non-hydrogen) atoms. The van der Waals surface area contributed by atoms with Crippen LogP contribution in [-0.2, 0) is 19.3 Å². The minimum Gasteiger partial charge on any atom is -0.493 e. The van der Waals surface area contributed by atoms with E-state index >= 15 is 0 Å². The smallest absolute Gasteiger partial charge is 0.255 e. The Labute approximate surface area is 222 Å². The van der Waals surface area contributed by atoms with Gasteiger partial charge in [-0.25, -0.2) is 0 Å². The molecule has 0 saturated carbocycles. The maximum atomic E-state index is 13.7. The number of rotatable bonds is 9. The van der Waals surface area contributed by atoms with E-state index in [0.29, 0.717) is 29.2 Å². The highest BCUT2D eigenvalue weighted by molar-refractivity contribution is 5.99. The summed E-state index contributed by atoms with van der Waals surface area (Å²) in [4.78, 5) is 16.9. The van der Waals surface area contributed by atoms with Gasteiger partial charge in [0.1, 0.15) is 5.75 Å². The maximum Gasteiger partial charge on any atom is 0.255 e. The first-order valence-corrected chi connectivity index (χ1v) is 13.0. The summed E-state index contributed by atoms with van der Waals surface area (Å²) in [5, 5.41) is 14.3. The number of amides is 1. The molecule has 0 saturated heterocycles. The van der Waals surface area contributed by atoms with Crippen LogP contribution in [0.25, 0.3) is 22.0 Å². The van der Waals surface area contributed by atoms with Crippen LogP contribution in [0, 0.1) is 0 Å². The number of benzene rings is 3. The van der Waals surface area contributed by atoms with Gasteiger partial charge in [-0.3, -0.25) is 4.79 Å². The molecule has 3 N–H and O–H groups in total. The van der Waals surface area contributed by atoms with Crippen molar-refractivity contribution in [3.63, 3.8) is 0 Å². The topological polar surface area (TPSA) is 92.8 Å². The molecule has 7 heteroatoms. The second-order valence-electron chi connectivity index (χ2n) is 9.95. The number of aliphatic hydroxyl groups is 1. The quantitative estimate of drug-likeness (QED) is 0.290. The summed E-state index contributed by atoms with van der Waals surface area (Å²) in [6, 6.07) is 15.4. The van der Waals surface area contributed by atoms with E-state index < -0.39 is 6.04 Å². The number of hydrogen-bond acceptors (Lipinski definition) is 5. The molecule has 1 unspecified atom stereocenters. The average molecular weight is 515 g/mol. The fraction of sp³-hybridized carbons (Fsp3) is 0.323. The van der Waals surface area contributed by atoms with Crippen molar-refractivity contribution in [2.75, 3.05) is 20.8 Å². The zero-order chi connectivity index (χ0) is 26.8. The number of carbonyl (C=O) groups is 1. The standard InChI is InChI=1S/C31H34N2O5/c1-18(2)38-28-12-19-9-10-20-13-29(36-3)30(37-4)15-25(20)24(19)14-26(28)31(35)33-22(17-34)11-21-16-32-27-8-6-5-7-23(21)27/h5-8,12-16,18,22,32,34H,9-11,17H2,1-4H3,(H,33,35). The van der Waals surface area contributed by atoms with Crippen molar-refractivity contribution in [2.45, 2.75) is 45.3 Å². The van der Waals surface area contributed by atoms with Crippen molar-refractivity contribution in [2.24, 2.45) is 0 Å². The Kier molecular flexibility index (Phi) is 7.29. The molecule has 1 aliphatic carbocycles. The Morgan fingerprint density at radius 3 is 2.32 bits per heavy atom. The summed E-state index contributed by atoms with van der Waals surface area (Å²) in [5.41, 5.74) is 6.77. The number of hydrogen-bond donors (Lipinski definition) is 3. The third-order valence-corrected chi connectivity index (χ3v) is 7.07. The van der Waals surface area contributed by atoms with E-state index in [1.54, 1.807) is 14.2 Å². The van der Waals surface area contributed by atoms with Crippen molar-refractivity contribution < 1.29 is 24.1 Å². The monoisotopic (exact) mass is 514 g/mol. The van der Waals surface area contributed by atoms with Gasteiger partial charge >= 0.3 is 0 Å². The second-order valence-corrected chi connectivity index (χ2v) is 9.95. The van der Waals surface area contributed by atoms with Crippen LogP contribution in [-0.4, -0.2) is 49.0 Å². The van der Waals surface area contributed by atoms with Gasteiger partial charge in [-0.15, -0.1) is 0 Å². The largest absolute Gasteiger partial charge is 0.493 e. The zero-order valence-corrected chi connectivity index (χ0v) is 22.3. The summed E-state index contributed by atoms with van der Waals surface area (Å²) in [5.74, 6) is 1.60. The van der Waals surface area contributed by atoms with Gasteiger partial charge in [0.25, 0.3) is 5.91 Å². The molecule has 1 aromatic heterocycles. The first kappa shape index (κ1) is 25.7. The van der Waals surface area contributed by atoms with Crippen molar-refractivity contribution in [3.05, 3.63) is 77.0 Å². The van der Waals surface area contributed by atoms with E-state index in [2.05, 4.69) is 10.3 Å². The molecule has 4 aromatic rings. The summed E-state index contributed by atoms with van der Waals surface area (Å²) in [7, 11) is 3.25. The Balaban J connectivity index is 1.49. The lowest BCUT2D eigenvalue weighted by Gasteiger charge is -2.25. The van der Waals surface area contributed by atoms with Crippen LogP contribution < -0.4 is 19.5 Å². The van der Waals surface area contributed by atoms with E-state index in [4.69, 9.17) is 14.2 Å². The van der Waals surface area contributed by atoms with Crippen LogP contribution in [0.2, 0.25) is 0 Å². The number of methoxy groups -OCH3 is 2. The highest BCUT2D eigenvalue weighted by Gasteiger charge is 2.25. The number of H-pyrrole nitrogens is 1. The molecule has 0 fully saturated rings.